The van der Waals surface area contributed by atoms with Crippen molar-refractivity contribution < 1.29 is 19.5 Å². The summed E-state index contributed by atoms with van der Waals surface area (Å²) in [6.45, 7) is 3.48. The van der Waals surface area contributed by atoms with Gasteiger partial charge >= 0.3 is 5.97 Å². The highest BCUT2D eigenvalue weighted by Gasteiger charge is 2.32. The molecule has 100 valence electrons. The van der Waals surface area contributed by atoms with Crippen LogP contribution >= 0.6 is 11.8 Å². The zero-order valence-electron chi connectivity index (χ0n) is 10.6. The summed E-state index contributed by atoms with van der Waals surface area (Å²) in [7, 11) is 0. The third-order valence-corrected chi connectivity index (χ3v) is 3.75. The minimum Gasteiger partial charge on any atom is -0.478 e. The summed E-state index contributed by atoms with van der Waals surface area (Å²) in [5.74, 6) is -1.48. The molecular formula is C13H13NO4S. The van der Waals surface area contributed by atoms with E-state index in [0.717, 1.165) is 10.5 Å². The average molecular weight is 279 g/mol. The maximum atomic E-state index is 11.9. The summed E-state index contributed by atoms with van der Waals surface area (Å²) < 4.78 is 0. The summed E-state index contributed by atoms with van der Waals surface area (Å²) in [5.41, 5.74) is 1.59. The number of imide groups is 1. The number of amides is 2. The molecule has 0 aromatic heterocycles. The van der Waals surface area contributed by atoms with Gasteiger partial charge in [-0.2, -0.15) is 0 Å². The Balaban J connectivity index is 2.63. The fourth-order valence-corrected chi connectivity index (χ4v) is 2.87. The fraction of sp³-hybridized carbons (Fsp3) is 0.308. The summed E-state index contributed by atoms with van der Waals surface area (Å²) >= 11 is 1.24. The Kier molecular flexibility index (Phi) is 3.61. The molecule has 1 aliphatic rings. The lowest BCUT2D eigenvalue weighted by atomic mass is 10.0. The SMILES string of the molecule is Cc1cc(C)c(N2C(=O)CSCC2=O)c(C(=O)O)c1. The first kappa shape index (κ1) is 13.6. The molecule has 0 unspecified atom stereocenters. The summed E-state index contributed by atoms with van der Waals surface area (Å²) in [4.78, 5) is 36.2. The van der Waals surface area contributed by atoms with Crippen molar-refractivity contribution in [1.29, 1.82) is 0 Å². The molecule has 1 aliphatic heterocycles. The topological polar surface area (TPSA) is 74.7 Å². The van der Waals surface area contributed by atoms with Gasteiger partial charge in [-0.25, -0.2) is 9.69 Å². The molecule has 2 rings (SSSR count). The highest BCUT2D eigenvalue weighted by atomic mass is 32.2. The Bertz CT molecular complexity index is 566. The first-order chi connectivity index (χ1) is 8.91. The van der Waals surface area contributed by atoms with Crippen molar-refractivity contribution in [2.75, 3.05) is 16.4 Å². The van der Waals surface area contributed by atoms with Crippen molar-refractivity contribution in [3.05, 3.63) is 28.8 Å². The predicted molar refractivity (Wildman–Crippen MR) is 72.7 cm³/mol. The number of carboxylic acid groups (broad SMARTS) is 1. The van der Waals surface area contributed by atoms with Crippen LogP contribution in [0.3, 0.4) is 0 Å². The van der Waals surface area contributed by atoms with E-state index in [1.54, 1.807) is 19.9 Å². The number of rotatable bonds is 2. The van der Waals surface area contributed by atoms with E-state index in [2.05, 4.69) is 0 Å². The third kappa shape index (κ3) is 2.49. The number of carbonyl (C=O) groups is 3. The molecule has 0 radical (unpaired) electrons. The number of anilines is 1. The summed E-state index contributed by atoms with van der Waals surface area (Å²) in [5, 5.41) is 9.26. The van der Waals surface area contributed by atoms with Crippen molar-refractivity contribution >= 4 is 35.2 Å². The number of nitrogens with zero attached hydrogens (tertiary/aromatic N) is 1. The molecule has 6 heteroatoms. The Morgan fingerprint density at radius 1 is 1.21 bits per heavy atom. The highest BCUT2D eigenvalue weighted by Crippen LogP contribution is 2.30. The van der Waals surface area contributed by atoms with Crippen LogP contribution in [0, 0.1) is 13.8 Å². The normalized spacial score (nSPS) is 15.8. The van der Waals surface area contributed by atoms with Crippen molar-refractivity contribution in [3.63, 3.8) is 0 Å². The third-order valence-electron chi connectivity index (χ3n) is 2.85. The Morgan fingerprint density at radius 2 is 1.79 bits per heavy atom. The highest BCUT2D eigenvalue weighted by molar-refractivity contribution is 8.00. The van der Waals surface area contributed by atoms with Crippen LogP contribution in [0.1, 0.15) is 21.5 Å². The van der Waals surface area contributed by atoms with E-state index in [1.165, 1.54) is 17.8 Å². The number of benzene rings is 1. The number of aromatic carboxylic acids is 1. The van der Waals surface area contributed by atoms with Gasteiger partial charge in [-0.15, -0.1) is 11.8 Å². The van der Waals surface area contributed by atoms with Gasteiger partial charge in [0.1, 0.15) is 0 Å². The van der Waals surface area contributed by atoms with Crippen molar-refractivity contribution in [2.24, 2.45) is 0 Å². The molecule has 1 heterocycles. The van der Waals surface area contributed by atoms with E-state index in [9.17, 15) is 19.5 Å². The molecule has 2 amide bonds. The first-order valence-electron chi connectivity index (χ1n) is 5.70. The summed E-state index contributed by atoms with van der Waals surface area (Å²) in [6, 6.07) is 3.25. The second kappa shape index (κ2) is 5.05. The monoisotopic (exact) mass is 279 g/mol. The Labute approximate surface area is 114 Å². The second-order valence-electron chi connectivity index (χ2n) is 4.40. The van der Waals surface area contributed by atoms with Crippen molar-refractivity contribution in [1.82, 2.24) is 0 Å². The van der Waals surface area contributed by atoms with Gasteiger partial charge in [-0.3, -0.25) is 9.59 Å². The van der Waals surface area contributed by atoms with Crippen LogP contribution in [-0.4, -0.2) is 34.4 Å². The van der Waals surface area contributed by atoms with E-state index < -0.39 is 5.97 Å². The molecule has 1 fully saturated rings. The van der Waals surface area contributed by atoms with Gasteiger partial charge in [0.05, 0.1) is 22.8 Å². The standard InChI is InChI=1S/C13H13NO4S/c1-7-3-8(2)12(9(4-7)13(17)18)14-10(15)5-19-6-11(14)16/h3-4H,5-6H2,1-2H3,(H,17,18). The lowest BCUT2D eigenvalue weighted by Crippen LogP contribution is -2.44. The molecule has 1 aromatic carbocycles. The smallest absolute Gasteiger partial charge is 0.337 e. The van der Waals surface area contributed by atoms with Crippen LogP contribution in [0.2, 0.25) is 0 Å². The quantitative estimate of drug-likeness (QED) is 0.832. The maximum absolute atomic E-state index is 11.9. The maximum Gasteiger partial charge on any atom is 0.337 e. The Hall–Kier alpha value is -1.82. The van der Waals surface area contributed by atoms with Gasteiger partial charge in [0.25, 0.3) is 0 Å². The lowest BCUT2D eigenvalue weighted by Gasteiger charge is -2.27. The largest absolute Gasteiger partial charge is 0.478 e. The molecule has 1 N–H and O–H groups in total. The van der Waals surface area contributed by atoms with E-state index in [0.29, 0.717) is 5.56 Å². The first-order valence-corrected chi connectivity index (χ1v) is 6.85. The molecule has 1 aromatic rings. The minimum absolute atomic E-state index is 0.00824. The van der Waals surface area contributed by atoms with Crippen LogP contribution in [0.5, 0.6) is 0 Å². The zero-order valence-corrected chi connectivity index (χ0v) is 11.4. The van der Waals surface area contributed by atoms with Crippen LogP contribution in [-0.2, 0) is 9.59 Å². The molecule has 1 saturated heterocycles. The van der Waals surface area contributed by atoms with Gasteiger partial charge in [-0.05, 0) is 31.0 Å². The number of carbonyl (C=O) groups excluding carboxylic acids is 2. The van der Waals surface area contributed by atoms with E-state index in [1.807, 2.05) is 0 Å². The molecule has 0 bridgehead atoms. The molecule has 0 aliphatic carbocycles. The van der Waals surface area contributed by atoms with Crippen LogP contribution in [0.15, 0.2) is 12.1 Å². The van der Waals surface area contributed by atoms with Crippen molar-refractivity contribution in [2.45, 2.75) is 13.8 Å². The minimum atomic E-state index is -1.14. The van der Waals surface area contributed by atoms with Gasteiger partial charge in [0, 0.05) is 0 Å². The number of carboxylic acids is 1. The number of hydrogen-bond donors (Lipinski definition) is 1. The van der Waals surface area contributed by atoms with Crippen LogP contribution in [0.25, 0.3) is 0 Å². The van der Waals surface area contributed by atoms with Gasteiger partial charge in [0.2, 0.25) is 11.8 Å². The predicted octanol–water partition coefficient (Wildman–Crippen LogP) is 1.61. The van der Waals surface area contributed by atoms with E-state index in [4.69, 9.17) is 0 Å². The molecule has 0 saturated carbocycles. The summed E-state index contributed by atoms with van der Waals surface area (Å²) in [6.07, 6.45) is 0. The van der Waals surface area contributed by atoms with Crippen LogP contribution in [0.4, 0.5) is 5.69 Å². The van der Waals surface area contributed by atoms with Gasteiger partial charge in [0.15, 0.2) is 0 Å². The Morgan fingerprint density at radius 3 is 2.32 bits per heavy atom. The van der Waals surface area contributed by atoms with E-state index in [-0.39, 0.29) is 34.6 Å². The molecular weight excluding hydrogens is 266 g/mol. The molecule has 0 spiro atoms. The molecule has 19 heavy (non-hydrogen) atoms. The fourth-order valence-electron chi connectivity index (χ4n) is 2.16. The number of thioether (sulfide) groups is 1. The number of hydrogen-bond acceptors (Lipinski definition) is 4. The van der Waals surface area contributed by atoms with Crippen LogP contribution < -0.4 is 4.90 Å². The average Bonchev–Trinajstić information content (AvgIpc) is 2.30. The zero-order chi connectivity index (χ0) is 14.2. The second-order valence-corrected chi connectivity index (χ2v) is 5.38. The van der Waals surface area contributed by atoms with Gasteiger partial charge < -0.3 is 5.11 Å². The van der Waals surface area contributed by atoms with Gasteiger partial charge in [-0.1, -0.05) is 6.07 Å². The lowest BCUT2D eigenvalue weighted by molar-refractivity contribution is -0.124. The number of aryl methyl sites for hydroxylation is 2. The molecule has 5 nitrogen and oxygen atoms in total. The molecule has 0 atom stereocenters. The van der Waals surface area contributed by atoms with Crippen molar-refractivity contribution in [3.8, 4) is 0 Å². The van der Waals surface area contributed by atoms with E-state index >= 15 is 0 Å².